The molecule has 5 nitrogen and oxygen atoms in total. The number of nitrogens with one attached hydrogen (secondary N) is 1. The topological polar surface area (TPSA) is 58.4 Å². The number of para-hydroxylation sites is 2. The van der Waals surface area contributed by atoms with E-state index in [4.69, 9.17) is 0 Å². The van der Waals surface area contributed by atoms with E-state index in [1.54, 1.807) is 0 Å². The third-order valence-electron chi connectivity index (χ3n) is 3.76. The Morgan fingerprint density at radius 2 is 2.09 bits per heavy atom. The molecule has 0 saturated carbocycles. The van der Waals surface area contributed by atoms with Crippen LogP contribution in [0, 0.1) is 15.9 Å². The summed E-state index contributed by atoms with van der Waals surface area (Å²) < 4.78 is 13.5. The van der Waals surface area contributed by atoms with Crippen LogP contribution in [0.5, 0.6) is 0 Å². The van der Waals surface area contributed by atoms with Crippen molar-refractivity contribution in [2.75, 3.05) is 23.3 Å². The summed E-state index contributed by atoms with van der Waals surface area (Å²) >= 11 is 0. The lowest BCUT2D eigenvalue weighted by Crippen LogP contribution is -2.23. The van der Waals surface area contributed by atoms with E-state index < -0.39 is 10.7 Å². The van der Waals surface area contributed by atoms with Gasteiger partial charge < -0.3 is 10.2 Å². The fraction of sp³-hybridized carbons (Fsp3) is 0.250. The minimum Gasteiger partial charge on any atom is -0.383 e. The zero-order valence-electron chi connectivity index (χ0n) is 12.0. The SMILES string of the molecule is O=[N+]([O-])c1ccc(F)cc1CN1CCCNc2ccccc21. The van der Waals surface area contributed by atoms with Gasteiger partial charge in [0.2, 0.25) is 0 Å². The first kappa shape index (κ1) is 14.3. The molecule has 2 aromatic carbocycles. The molecular weight excluding hydrogens is 285 g/mol. The number of hydrogen-bond acceptors (Lipinski definition) is 4. The van der Waals surface area contributed by atoms with Crippen LogP contribution in [0.25, 0.3) is 0 Å². The fourth-order valence-corrected chi connectivity index (χ4v) is 2.74. The molecule has 1 heterocycles. The summed E-state index contributed by atoms with van der Waals surface area (Å²) in [6.45, 7) is 1.92. The third kappa shape index (κ3) is 2.86. The lowest BCUT2D eigenvalue weighted by atomic mass is 10.1. The van der Waals surface area contributed by atoms with Crippen molar-refractivity contribution in [1.29, 1.82) is 0 Å². The molecule has 1 aliphatic rings. The van der Waals surface area contributed by atoms with Gasteiger partial charge in [0.1, 0.15) is 5.82 Å². The molecule has 0 radical (unpaired) electrons. The summed E-state index contributed by atoms with van der Waals surface area (Å²) in [6, 6.07) is 11.4. The minimum absolute atomic E-state index is 0.0453. The van der Waals surface area contributed by atoms with Crippen LogP contribution in [0.15, 0.2) is 42.5 Å². The van der Waals surface area contributed by atoms with E-state index in [2.05, 4.69) is 10.2 Å². The predicted octanol–water partition coefficient (Wildman–Crippen LogP) is 3.56. The van der Waals surface area contributed by atoms with Gasteiger partial charge in [0.05, 0.1) is 21.9 Å². The summed E-state index contributed by atoms with van der Waals surface area (Å²) in [5.41, 5.74) is 2.33. The van der Waals surface area contributed by atoms with Gasteiger partial charge in [-0.25, -0.2) is 4.39 Å². The molecule has 1 N–H and O–H groups in total. The molecule has 2 aromatic rings. The molecule has 1 aliphatic heterocycles. The first-order chi connectivity index (χ1) is 10.6. The van der Waals surface area contributed by atoms with Crippen LogP contribution >= 0.6 is 0 Å². The van der Waals surface area contributed by atoms with E-state index in [1.165, 1.54) is 12.1 Å². The molecule has 6 heteroatoms. The first-order valence-corrected chi connectivity index (χ1v) is 7.16. The zero-order chi connectivity index (χ0) is 15.5. The summed E-state index contributed by atoms with van der Waals surface area (Å²) in [4.78, 5) is 12.7. The highest BCUT2D eigenvalue weighted by atomic mass is 19.1. The highest BCUT2D eigenvalue weighted by molar-refractivity contribution is 5.71. The van der Waals surface area contributed by atoms with Gasteiger partial charge in [-0.2, -0.15) is 0 Å². The van der Waals surface area contributed by atoms with Crippen molar-refractivity contribution < 1.29 is 9.31 Å². The number of nitro benzene ring substituents is 1. The molecule has 0 unspecified atom stereocenters. The molecular formula is C16H16FN3O2. The maximum absolute atomic E-state index is 13.5. The van der Waals surface area contributed by atoms with E-state index in [-0.39, 0.29) is 5.69 Å². The monoisotopic (exact) mass is 301 g/mol. The van der Waals surface area contributed by atoms with E-state index in [9.17, 15) is 14.5 Å². The highest BCUT2D eigenvalue weighted by Crippen LogP contribution is 2.31. The van der Waals surface area contributed by atoms with Crippen LogP contribution < -0.4 is 10.2 Å². The predicted molar refractivity (Wildman–Crippen MR) is 83.7 cm³/mol. The van der Waals surface area contributed by atoms with Gasteiger partial charge in [-0.05, 0) is 30.7 Å². The second-order valence-corrected chi connectivity index (χ2v) is 5.25. The van der Waals surface area contributed by atoms with Gasteiger partial charge >= 0.3 is 0 Å². The molecule has 0 aromatic heterocycles. The van der Waals surface area contributed by atoms with Crippen molar-refractivity contribution in [2.24, 2.45) is 0 Å². The molecule has 0 aliphatic carbocycles. The van der Waals surface area contributed by atoms with Crippen molar-refractivity contribution >= 4 is 17.1 Å². The summed E-state index contributed by atoms with van der Waals surface area (Å²) in [6.07, 6.45) is 0.914. The number of fused-ring (bicyclic) bond motifs is 1. The van der Waals surface area contributed by atoms with Gasteiger partial charge in [-0.15, -0.1) is 0 Å². The highest BCUT2D eigenvalue weighted by Gasteiger charge is 2.20. The number of rotatable bonds is 3. The van der Waals surface area contributed by atoms with Crippen LogP contribution in [-0.2, 0) is 6.54 Å². The Bertz CT molecular complexity index is 706. The quantitative estimate of drug-likeness (QED) is 0.695. The lowest BCUT2D eigenvalue weighted by molar-refractivity contribution is -0.385. The second kappa shape index (κ2) is 6.01. The minimum atomic E-state index is -0.462. The Kier molecular flexibility index (Phi) is 3.91. The van der Waals surface area contributed by atoms with Crippen LogP contribution in [0.1, 0.15) is 12.0 Å². The smallest absolute Gasteiger partial charge is 0.274 e. The average molecular weight is 301 g/mol. The van der Waals surface area contributed by atoms with Crippen LogP contribution in [0.3, 0.4) is 0 Å². The summed E-state index contributed by atoms with van der Waals surface area (Å²) in [7, 11) is 0. The molecule has 22 heavy (non-hydrogen) atoms. The first-order valence-electron chi connectivity index (χ1n) is 7.16. The van der Waals surface area contributed by atoms with Gasteiger partial charge in [-0.1, -0.05) is 12.1 Å². The van der Waals surface area contributed by atoms with Crippen molar-refractivity contribution in [3.05, 3.63) is 64.0 Å². The van der Waals surface area contributed by atoms with Crippen molar-refractivity contribution in [3.63, 3.8) is 0 Å². The largest absolute Gasteiger partial charge is 0.383 e. The zero-order valence-corrected chi connectivity index (χ0v) is 12.0. The Labute approximate surface area is 127 Å². The van der Waals surface area contributed by atoms with Crippen LogP contribution in [-0.4, -0.2) is 18.0 Å². The normalized spacial score (nSPS) is 14.0. The number of benzene rings is 2. The summed E-state index contributed by atoms with van der Waals surface area (Å²) in [5, 5.41) is 14.5. The Balaban J connectivity index is 1.96. The average Bonchev–Trinajstić information content (AvgIpc) is 2.70. The molecule has 0 atom stereocenters. The lowest BCUT2D eigenvalue weighted by Gasteiger charge is -2.24. The van der Waals surface area contributed by atoms with Crippen molar-refractivity contribution in [3.8, 4) is 0 Å². The van der Waals surface area contributed by atoms with Crippen molar-refractivity contribution in [1.82, 2.24) is 0 Å². The maximum Gasteiger partial charge on any atom is 0.274 e. The number of halogens is 1. The molecule has 3 rings (SSSR count). The fourth-order valence-electron chi connectivity index (χ4n) is 2.74. The maximum atomic E-state index is 13.5. The number of anilines is 2. The molecule has 0 bridgehead atoms. The van der Waals surface area contributed by atoms with E-state index >= 15 is 0 Å². The van der Waals surface area contributed by atoms with Gasteiger partial charge in [0.25, 0.3) is 5.69 Å². The van der Waals surface area contributed by atoms with Gasteiger partial charge in [0.15, 0.2) is 0 Å². The standard InChI is InChI=1S/C16H16FN3O2/c17-13-6-7-15(20(21)22)12(10-13)11-19-9-3-8-18-14-4-1-2-5-16(14)19/h1-2,4-7,10,18H,3,8-9,11H2. The van der Waals surface area contributed by atoms with E-state index in [0.717, 1.165) is 37.0 Å². The molecule has 114 valence electrons. The van der Waals surface area contributed by atoms with Crippen molar-refractivity contribution in [2.45, 2.75) is 13.0 Å². The molecule has 0 saturated heterocycles. The number of nitro groups is 1. The second-order valence-electron chi connectivity index (χ2n) is 5.25. The number of nitrogens with zero attached hydrogens (tertiary/aromatic N) is 2. The van der Waals surface area contributed by atoms with Crippen LogP contribution in [0.2, 0.25) is 0 Å². The molecule has 0 amide bonds. The van der Waals surface area contributed by atoms with Crippen LogP contribution in [0.4, 0.5) is 21.5 Å². The van der Waals surface area contributed by atoms with E-state index in [1.807, 2.05) is 24.3 Å². The van der Waals surface area contributed by atoms with E-state index in [0.29, 0.717) is 12.1 Å². The Morgan fingerprint density at radius 3 is 2.91 bits per heavy atom. The Hall–Kier alpha value is -2.63. The third-order valence-corrected chi connectivity index (χ3v) is 3.76. The van der Waals surface area contributed by atoms with Gasteiger partial charge in [-0.3, -0.25) is 10.1 Å². The Morgan fingerprint density at radius 1 is 1.27 bits per heavy atom. The summed E-state index contributed by atoms with van der Waals surface area (Å²) in [5.74, 6) is -0.457. The molecule has 0 spiro atoms. The number of hydrogen-bond donors (Lipinski definition) is 1. The molecule has 0 fully saturated rings. The van der Waals surface area contributed by atoms with Gasteiger partial charge in [0, 0.05) is 25.7 Å².